The van der Waals surface area contributed by atoms with Gasteiger partial charge in [0.15, 0.2) is 0 Å². The third-order valence-corrected chi connectivity index (χ3v) is 0.526. The molecule has 0 saturated heterocycles. The lowest BCUT2D eigenvalue weighted by Gasteiger charge is -1.89. The van der Waals surface area contributed by atoms with Gasteiger partial charge in [0.1, 0.15) is 0 Å². The third-order valence-electron chi connectivity index (χ3n) is 0.526. The van der Waals surface area contributed by atoms with Crippen molar-refractivity contribution in [3.63, 3.8) is 0 Å². The number of hydrogen-bond donors (Lipinski definition) is 1. The van der Waals surface area contributed by atoms with Crippen molar-refractivity contribution in [1.82, 2.24) is 0 Å². The van der Waals surface area contributed by atoms with E-state index in [9.17, 15) is 4.79 Å². The summed E-state index contributed by atoms with van der Waals surface area (Å²) in [5.74, 6) is -1.16. The number of esters is 1. The first-order chi connectivity index (χ1) is 6.54. The highest BCUT2D eigenvalue weighted by molar-refractivity contribution is 5.71. The Morgan fingerprint density at radius 3 is 1.93 bits per heavy atom. The number of carbonyl (C=O) groups is 2. The number of carboxylic acid groups (broad SMARTS) is 1. The van der Waals surface area contributed by atoms with Gasteiger partial charge in [-0.05, 0) is 0 Å². The molecule has 0 aliphatic rings. The number of aliphatic carboxylic acids is 1. The van der Waals surface area contributed by atoms with Crippen molar-refractivity contribution < 1.29 is 19.4 Å². The van der Waals surface area contributed by atoms with E-state index in [1.807, 2.05) is 0 Å². The van der Waals surface area contributed by atoms with Crippen LogP contribution in [0.5, 0.6) is 0 Å². The lowest BCUT2D eigenvalue weighted by molar-refractivity contribution is -0.137. The van der Waals surface area contributed by atoms with Crippen molar-refractivity contribution in [2.24, 2.45) is 0 Å². The van der Waals surface area contributed by atoms with Crippen LogP contribution in [-0.2, 0) is 14.3 Å². The molecule has 0 aliphatic heterocycles. The lowest BCUT2D eigenvalue weighted by atomic mass is 10.4. The molecular weight excluding hydrogens is 184 g/mol. The summed E-state index contributed by atoms with van der Waals surface area (Å²) in [6, 6.07) is 0. The smallest absolute Gasteiger partial charge is 0.314 e. The standard InChI is InChI=1S/C6H8O2.C2H4O2.C2H4/c1-3-5-6(7)8-4-2;1-2(3)4;1-2/h3-4H,1-2,5H2;1H3,(H,3,4);1-2H2. The minimum atomic E-state index is -0.833. The van der Waals surface area contributed by atoms with Gasteiger partial charge in [0, 0.05) is 6.92 Å². The Kier molecular flexibility index (Phi) is 22.3. The maximum absolute atomic E-state index is 10.3. The van der Waals surface area contributed by atoms with Crippen LogP contribution in [0.2, 0.25) is 0 Å². The van der Waals surface area contributed by atoms with E-state index in [-0.39, 0.29) is 12.4 Å². The zero-order valence-corrected chi connectivity index (χ0v) is 8.36. The monoisotopic (exact) mass is 200 g/mol. The van der Waals surface area contributed by atoms with Crippen molar-refractivity contribution in [2.75, 3.05) is 0 Å². The first kappa shape index (κ1) is 18.0. The predicted molar refractivity (Wildman–Crippen MR) is 55.7 cm³/mol. The summed E-state index contributed by atoms with van der Waals surface area (Å²) in [7, 11) is 0. The number of carboxylic acids is 1. The molecule has 4 heteroatoms. The van der Waals surface area contributed by atoms with Gasteiger partial charge in [0.25, 0.3) is 5.97 Å². The molecule has 4 nitrogen and oxygen atoms in total. The highest BCUT2D eigenvalue weighted by Gasteiger charge is 1.92. The third kappa shape index (κ3) is 49.3. The minimum absolute atomic E-state index is 0.242. The van der Waals surface area contributed by atoms with Gasteiger partial charge >= 0.3 is 5.97 Å². The van der Waals surface area contributed by atoms with E-state index in [1.54, 1.807) is 0 Å². The number of carbonyl (C=O) groups excluding carboxylic acids is 1. The quantitative estimate of drug-likeness (QED) is 0.430. The van der Waals surface area contributed by atoms with E-state index in [0.29, 0.717) is 0 Å². The molecule has 0 radical (unpaired) electrons. The second kappa shape index (κ2) is 17.3. The molecule has 0 unspecified atom stereocenters. The molecule has 0 bridgehead atoms. The summed E-state index contributed by atoms with van der Waals surface area (Å²) >= 11 is 0. The highest BCUT2D eigenvalue weighted by Crippen LogP contribution is 1.84. The highest BCUT2D eigenvalue weighted by atomic mass is 16.5. The van der Waals surface area contributed by atoms with Crippen LogP contribution in [0.15, 0.2) is 38.7 Å². The maximum Gasteiger partial charge on any atom is 0.314 e. The van der Waals surface area contributed by atoms with E-state index >= 15 is 0 Å². The molecule has 0 saturated carbocycles. The topological polar surface area (TPSA) is 63.6 Å². The van der Waals surface area contributed by atoms with Gasteiger partial charge in [-0.15, -0.1) is 19.7 Å². The number of hydrogen-bond acceptors (Lipinski definition) is 3. The molecule has 0 rings (SSSR count). The molecule has 0 aromatic rings. The Morgan fingerprint density at radius 1 is 1.36 bits per heavy atom. The van der Waals surface area contributed by atoms with Crippen molar-refractivity contribution >= 4 is 11.9 Å². The van der Waals surface area contributed by atoms with Gasteiger partial charge < -0.3 is 9.84 Å². The van der Waals surface area contributed by atoms with Crippen LogP contribution in [0.1, 0.15) is 13.3 Å². The molecular formula is C10H16O4. The van der Waals surface area contributed by atoms with Crippen LogP contribution in [0.25, 0.3) is 0 Å². The molecule has 0 spiro atoms. The molecule has 0 atom stereocenters. The first-order valence-electron chi connectivity index (χ1n) is 3.65. The fraction of sp³-hybridized carbons (Fsp3) is 0.200. The molecule has 0 heterocycles. The van der Waals surface area contributed by atoms with Crippen LogP contribution in [-0.4, -0.2) is 17.0 Å². The van der Waals surface area contributed by atoms with Crippen LogP contribution >= 0.6 is 0 Å². The first-order valence-corrected chi connectivity index (χ1v) is 3.65. The molecule has 0 fully saturated rings. The Hall–Kier alpha value is -1.84. The van der Waals surface area contributed by atoms with Crippen LogP contribution in [0, 0.1) is 0 Å². The Labute approximate surface area is 84.2 Å². The summed E-state index contributed by atoms with van der Waals surface area (Å²) < 4.78 is 4.34. The lowest BCUT2D eigenvalue weighted by Crippen LogP contribution is -1.95. The van der Waals surface area contributed by atoms with Crippen molar-refractivity contribution in [2.45, 2.75) is 13.3 Å². The largest absolute Gasteiger partial charge is 0.481 e. The van der Waals surface area contributed by atoms with Gasteiger partial charge in [-0.2, -0.15) is 0 Å². The summed E-state index contributed by atoms with van der Waals surface area (Å²) in [4.78, 5) is 19.3. The van der Waals surface area contributed by atoms with Gasteiger partial charge in [0.05, 0.1) is 12.7 Å². The van der Waals surface area contributed by atoms with Gasteiger partial charge in [0.2, 0.25) is 0 Å². The summed E-state index contributed by atoms with van der Waals surface area (Å²) in [5.41, 5.74) is 0. The van der Waals surface area contributed by atoms with Gasteiger partial charge in [-0.25, -0.2) is 0 Å². The van der Waals surface area contributed by atoms with E-state index in [1.165, 1.54) is 6.08 Å². The average molecular weight is 200 g/mol. The molecule has 0 aliphatic carbocycles. The molecule has 14 heavy (non-hydrogen) atoms. The fourth-order valence-electron chi connectivity index (χ4n) is 0.259. The number of ether oxygens (including phenoxy) is 1. The van der Waals surface area contributed by atoms with E-state index in [0.717, 1.165) is 13.2 Å². The SMILES string of the molecule is C=C.C=CCC(=O)OC=C.CC(=O)O. The Morgan fingerprint density at radius 2 is 1.71 bits per heavy atom. The van der Waals surface area contributed by atoms with E-state index in [4.69, 9.17) is 9.90 Å². The van der Waals surface area contributed by atoms with Gasteiger partial charge in [-0.1, -0.05) is 12.7 Å². The van der Waals surface area contributed by atoms with Crippen molar-refractivity contribution in [3.8, 4) is 0 Å². The summed E-state index contributed by atoms with van der Waals surface area (Å²) in [6.45, 7) is 13.6. The van der Waals surface area contributed by atoms with E-state index < -0.39 is 5.97 Å². The molecule has 80 valence electrons. The second-order valence-electron chi connectivity index (χ2n) is 1.67. The molecule has 0 aromatic heterocycles. The van der Waals surface area contributed by atoms with Crippen LogP contribution in [0.4, 0.5) is 0 Å². The van der Waals surface area contributed by atoms with E-state index in [2.05, 4.69) is 31.1 Å². The molecule has 0 aromatic carbocycles. The normalized spacial score (nSPS) is 6.36. The minimum Gasteiger partial charge on any atom is -0.481 e. The van der Waals surface area contributed by atoms with Crippen molar-refractivity contribution in [1.29, 1.82) is 0 Å². The van der Waals surface area contributed by atoms with Crippen molar-refractivity contribution in [3.05, 3.63) is 38.7 Å². The zero-order valence-electron chi connectivity index (χ0n) is 8.36. The Balaban J connectivity index is -0.000000170. The summed E-state index contributed by atoms with van der Waals surface area (Å²) in [5, 5.41) is 7.42. The molecule has 0 amide bonds. The number of rotatable bonds is 3. The second-order valence-corrected chi connectivity index (χ2v) is 1.67. The average Bonchev–Trinajstić information content (AvgIpc) is 2.08. The fourth-order valence-corrected chi connectivity index (χ4v) is 0.259. The predicted octanol–water partition coefficient (Wildman–Crippen LogP) is 2.14. The Bertz CT molecular complexity index is 169. The van der Waals surface area contributed by atoms with Gasteiger partial charge in [-0.3, -0.25) is 9.59 Å². The van der Waals surface area contributed by atoms with Crippen LogP contribution < -0.4 is 0 Å². The maximum atomic E-state index is 10.3. The zero-order chi connectivity index (χ0) is 12.0. The van der Waals surface area contributed by atoms with Crippen LogP contribution in [0.3, 0.4) is 0 Å². The molecule has 1 N–H and O–H groups in total. The summed E-state index contributed by atoms with van der Waals surface area (Å²) in [6.07, 6.45) is 2.82.